The Bertz CT molecular complexity index is 640. The minimum absolute atomic E-state index is 0.106. The van der Waals surface area contributed by atoms with Crippen molar-refractivity contribution in [3.63, 3.8) is 0 Å². The van der Waals surface area contributed by atoms with E-state index in [-0.39, 0.29) is 18.1 Å². The first kappa shape index (κ1) is 20.5. The highest BCUT2D eigenvalue weighted by atomic mass is 19.4. The Morgan fingerprint density at radius 3 is 2.50 bits per heavy atom. The Kier molecular flexibility index (Phi) is 6.13. The molecular weight excluding hydrogens is 349 g/mol. The Labute approximate surface area is 150 Å². The van der Waals surface area contributed by atoms with Gasteiger partial charge < -0.3 is 14.6 Å². The predicted octanol–water partition coefficient (Wildman–Crippen LogP) is 3.74. The molecule has 1 aliphatic carbocycles. The molecule has 1 aliphatic rings. The van der Waals surface area contributed by atoms with Crippen LogP contribution in [-0.2, 0) is 19.9 Å². The summed E-state index contributed by atoms with van der Waals surface area (Å²) in [5.41, 5.74) is -4.36. The Morgan fingerprint density at radius 1 is 1.35 bits per heavy atom. The van der Waals surface area contributed by atoms with Crippen LogP contribution in [0, 0.1) is 5.92 Å². The maximum absolute atomic E-state index is 13.7. The molecule has 0 bridgehead atoms. The van der Waals surface area contributed by atoms with Crippen molar-refractivity contribution in [3.05, 3.63) is 48.0 Å². The van der Waals surface area contributed by atoms with Crippen molar-refractivity contribution in [2.24, 2.45) is 5.92 Å². The van der Waals surface area contributed by atoms with E-state index in [0.717, 1.165) is 20.0 Å². The van der Waals surface area contributed by atoms with Gasteiger partial charge in [0.25, 0.3) is 5.60 Å². The van der Waals surface area contributed by atoms with Crippen LogP contribution in [0.25, 0.3) is 0 Å². The maximum atomic E-state index is 13.7. The molecule has 0 aliphatic heterocycles. The molecule has 3 atom stereocenters. The van der Waals surface area contributed by atoms with Gasteiger partial charge in [0.15, 0.2) is 0 Å². The van der Waals surface area contributed by atoms with E-state index in [2.05, 4.69) is 4.74 Å². The molecule has 2 rings (SSSR count). The summed E-state index contributed by atoms with van der Waals surface area (Å²) in [5.74, 6) is -1.63. The number of halogens is 3. The number of hydrogen-bond donors (Lipinski definition) is 1. The molecule has 1 aromatic rings. The number of alkyl halides is 3. The zero-order valence-electron chi connectivity index (χ0n) is 14.8. The number of esters is 1. The van der Waals surface area contributed by atoms with E-state index in [0.29, 0.717) is 6.42 Å². The van der Waals surface area contributed by atoms with Crippen LogP contribution < -0.4 is 0 Å². The van der Waals surface area contributed by atoms with E-state index in [1.165, 1.54) is 30.3 Å². The Balaban J connectivity index is 2.13. The lowest BCUT2D eigenvalue weighted by Crippen LogP contribution is -2.51. The Hall–Kier alpha value is -1.86. The minimum atomic E-state index is -4.99. The number of methoxy groups -OCH3 is 1. The Morgan fingerprint density at radius 2 is 2.00 bits per heavy atom. The van der Waals surface area contributed by atoms with E-state index in [9.17, 15) is 23.1 Å². The van der Waals surface area contributed by atoms with Crippen LogP contribution in [0.1, 0.15) is 31.7 Å². The molecule has 0 aromatic heterocycles. The fourth-order valence-electron chi connectivity index (χ4n) is 3.31. The second-order valence-electron chi connectivity index (χ2n) is 6.63. The van der Waals surface area contributed by atoms with Crippen LogP contribution in [-0.4, -0.2) is 36.6 Å². The second-order valence-corrected chi connectivity index (χ2v) is 6.63. The van der Waals surface area contributed by atoms with Crippen molar-refractivity contribution in [2.45, 2.75) is 43.6 Å². The lowest BCUT2D eigenvalue weighted by Gasteiger charge is -2.32. The first-order valence-corrected chi connectivity index (χ1v) is 8.39. The first-order valence-electron chi connectivity index (χ1n) is 8.39. The van der Waals surface area contributed by atoms with Gasteiger partial charge in [-0.3, -0.25) is 0 Å². The lowest BCUT2D eigenvalue weighted by molar-refractivity contribution is -0.275. The SMILES string of the molecule is COC(C(=O)OC/C=C/[C@@H]1CCC[C@@]1(C)O)(c1ccccc1)C(F)(F)F. The summed E-state index contributed by atoms with van der Waals surface area (Å²) >= 11 is 0. The summed E-state index contributed by atoms with van der Waals surface area (Å²) in [6, 6.07) is 6.67. The highest BCUT2D eigenvalue weighted by molar-refractivity contribution is 5.82. The summed E-state index contributed by atoms with van der Waals surface area (Å²) in [5, 5.41) is 10.2. The summed E-state index contributed by atoms with van der Waals surface area (Å²) in [6.45, 7) is 1.38. The van der Waals surface area contributed by atoms with Crippen molar-refractivity contribution in [3.8, 4) is 0 Å². The van der Waals surface area contributed by atoms with E-state index in [1.54, 1.807) is 19.1 Å². The van der Waals surface area contributed by atoms with E-state index >= 15 is 0 Å². The third kappa shape index (κ3) is 3.94. The largest absolute Gasteiger partial charge is 0.459 e. The van der Waals surface area contributed by atoms with Crippen LogP contribution in [0.4, 0.5) is 13.2 Å². The fourth-order valence-corrected chi connectivity index (χ4v) is 3.31. The van der Waals surface area contributed by atoms with Crippen molar-refractivity contribution in [1.82, 2.24) is 0 Å². The third-order valence-corrected chi connectivity index (χ3v) is 4.85. The van der Waals surface area contributed by atoms with Gasteiger partial charge in [-0.2, -0.15) is 13.2 Å². The van der Waals surface area contributed by atoms with Crippen LogP contribution >= 0.6 is 0 Å². The molecular formula is C19H23F3O4. The van der Waals surface area contributed by atoms with Gasteiger partial charge in [-0.25, -0.2) is 4.79 Å². The molecule has 1 fully saturated rings. The molecule has 4 nitrogen and oxygen atoms in total. The van der Waals surface area contributed by atoms with E-state index in [1.807, 2.05) is 0 Å². The summed E-state index contributed by atoms with van der Waals surface area (Å²) in [4.78, 5) is 12.3. The summed E-state index contributed by atoms with van der Waals surface area (Å²) in [7, 11) is 0.827. The smallest absolute Gasteiger partial charge is 0.432 e. The van der Waals surface area contributed by atoms with Crippen molar-refractivity contribution in [2.75, 3.05) is 13.7 Å². The van der Waals surface area contributed by atoms with Gasteiger partial charge in [-0.1, -0.05) is 42.5 Å². The number of aliphatic hydroxyl groups is 1. The molecule has 1 N–H and O–H groups in total. The van der Waals surface area contributed by atoms with Crippen LogP contribution in [0.5, 0.6) is 0 Å². The third-order valence-electron chi connectivity index (χ3n) is 4.85. The van der Waals surface area contributed by atoms with Gasteiger partial charge in [-0.15, -0.1) is 0 Å². The number of carbonyl (C=O) groups excluding carboxylic acids is 1. The number of benzene rings is 1. The summed E-state index contributed by atoms with van der Waals surface area (Å²) in [6.07, 6.45) is 0.480. The van der Waals surface area contributed by atoms with Gasteiger partial charge in [0.2, 0.25) is 0 Å². The molecule has 0 saturated heterocycles. The maximum Gasteiger partial charge on any atom is 0.432 e. The van der Waals surface area contributed by atoms with Crippen LogP contribution in [0.2, 0.25) is 0 Å². The zero-order valence-corrected chi connectivity index (χ0v) is 14.8. The normalized spacial score (nSPS) is 26.0. The second kappa shape index (κ2) is 7.80. The fraction of sp³-hybridized carbons (Fsp3) is 0.526. The molecule has 1 saturated carbocycles. The van der Waals surface area contributed by atoms with Crippen molar-refractivity contribution in [1.29, 1.82) is 0 Å². The average Bonchev–Trinajstić information content (AvgIpc) is 2.91. The number of ether oxygens (including phenoxy) is 2. The predicted molar refractivity (Wildman–Crippen MR) is 89.2 cm³/mol. The standard InChI is InChI=1S/C19H23F3O4/c1-17(24)12-6-10-14(17)11-7-13-26-16(23)18(25-2,19(20,21)22)15-8-4-3-5-9-15/h3-5,7-9,11,14,24H,6,10,12-13H2,1-2H3/b11-7+/t14-,17+,18?/m0/s1. The average molecular weight is 372 g/mol. The molecule has 0 heterocycles. The van der Waals surface area contributed by atoms with Gasteiger partial charge in [0.1, 0.15) is 6.61 Å². The highest BCUT2D eigenvalue weighted by Gasteiger charge is 2.64. The molecule has 144 valence electrons. The first-order chi connectivity index (χ1) is 12.1. The molecule has 26 heavy (non-hydrogen) atoms. The zero-order chi connectivity index (χ0) is 19.4. The molecule has 1 unspecified atom stereocenters. The van der Waals surface area contributed by atoms with Gasteiger partial charge >= 0.3 is 12.1 Å². The van der Waals surface area contributed by atoms with Crippen molar-refractivity contribution < 1.29 is 32.5 Å². The van der Waals surface area contributed by atoms with E-state index in [4.69, 9.17) is 4.74 Å². The van der Waals surface area contributed by atoms with E-state index < -0.39 is 23.3 Å². The van der Waals surface area contributed by atoms with Crippen LogP contribution in [0.3, 0.4) is 0 Å². The minimum Gasteiger partial charge on any atom is -0.459 e. The lowest BCUT2D eigenvalue weighted by atomic mass is 9.92. The van der Waals surface area contributed by atoms with Gasteiger partial charge in [-0.05, 0) is 26.2 Å². The topological polar surface area (TPSA) is 55.8 Å². The highest BCUT2D eigenvalue weighted by Crippen LogP contribution is 2.43. The monoisotopic (exact) mass is 372 g/mol. The molecule has 0 spiro atoms. The van der Waals surface area contributed by atoms with Gasteiger partial charge in [0.05, 0.1) is 5.60 Å². The number of hydrogen-bond acceptors (Lipinski definition) is 4. The van der Waals surface area contributed by atoms with Crippen LogP contribution in [0.15, 0.2) is 42.5 Å². The molecule has 0 amide bonds. The van der Waals surface area contributed by atoms with Gasteiger partial charge in [0, 0.05) is 18.6 Å². The molecule has 1 aromatic carbocycles. The quantitative estimate of drug-likeness (QED) is 0.611. The molecule has 7 heteroatoms. The molecule has 0 radical (unpaired) electrons. The summed E-state index contributed by atoms with van der Waals surface area (Å²) < 4.78 is 50.6. The number of carbonyl (C=O) groups is 1. The van der Waals surface area contributed by atoms with Crippen molar-refractivity contribution >= 4 is 5.97 Å². The number of rotatable bonds is 6.